The second kappa shape index (κ2) is 5.56. The minimum atomic E-state index is -0.311. The molecular weight excluding hydrogens is 358 g/mol. The van der Waals surface area contributed by atoms with Gasteiger partial charge in [0.15, 0.2) is 5.82 Å². The molecule has 4 aromatic rings. The molecule has 0 aliphatic heterocycles. The zero-order valence-corrected chi connectivity index (χ0v) is 13.7. The lowest BCUT2D eigenvalue weighted by molar-refractivity contribution is 0.628. The maximum atomic E-state index is 13.4. The molecule has 0 atom stereocenters. The Kier molecular flexibility index (Phi) is 3.52. The van der Waals surface area contributed by atoms with E-state index in [1.165, 1.54) is 23.5 Å². The maximum absolute atomic E-state index is 13.4. The average molecular weight is 365 g/mol. The maximum Gasteiger partial charge on any atom is 0.235 e. The first-order valence-electron chi connectivity index (χ1n) is 6.55. The Bertz CT molecular complexity index is 1030. The summed E-state index contributed by atoms with van der Waals surface area (Å²) in [5, 5.41) is 14.4. The molecule has 0 bridgehead atoms. The van der Waals surface area contributed by atoms with Crippen LogP contribution in [0.5, 0.6) is 0 Å². The molecule has 4 rings (SSSR count). The van der Waals surface area contributed by atoms with Crippen LogP contribution < -0.4 is 0 Å². The van der Waals surface area contributed by atoms with E-state index in [0.717, 1.165) is 0 Å². The van der Waals surface area contributed by atoms with Crippen molar-refractivity contribution in [3.05, 3.63) is 58.3 Å². The second-order valence-corrected chi connectivity index (χ2v) is 6.56. The molecule has 8 heteroatoms. The van der Waals surface area contributed by atoms with Crippen molar-refractivity contribution < 1.29 is 4.39 Å². The number of hydrogen-bond acceptors (Lipinski definition) is 4. The first-order chi connectivity index (χ1) is 11.1. The lowest BCUT2D eigenvalue weighted by atomic mass is 10.2. The Morgan fingerprint density at radius 3 is 2.70 bits per heavy atom. The predicted molar refractivity (Wildman–Crippen MR) is 89.5 cm³/mol. The summed E-state index contributed by atoms with van der Waals surface area (Å²) in [5.41, 5.74) is 1.37. The van der Waals surface area contributed by atoms with Crippen molar-refractivity contribution in [3.63, 3.8) is 0 Å². The quantitative estimate of drug-likeness (QED) is 0.504. The molecular formula is C15H7Cl2FN4S. The number of halogens is 3. The SMILES string of the molecule is Fc1cccc(-c2nn3c(-c4ccc(Cl)cc4Cl)nnc3s2)c1. The van der Waals surface area contributed by atoms with E-state index in [2.05, 4.69) is 15.3 Å². The standard InChI is InChI=1S/C15H7Cl2FN4S/c16-9-4-5-11(12(17)7-9)13-19-20-15-22(13)21-14(23-15)8-2-1-3-10(18)6-8/h1-7H. The Hall–Kier alpha value is -2.02. The van der Waals surface area contributed by atoms with Crippen LogP contribution in [-0.4, -0.2) is 19.8 Å². The molecule has 0 saturated carbocycles. The highest BCUT2D eigenvalue weighted by molar-refractivity contribution is 7.19. The molecule has 0 aliphatic carbocycles. The summed E-state index contributed by atoms with van der Waals surface area (Å²) in [7, 11) is 0. The molecule has 0 fully saturated rings. The van der Waals surface area contributed by atoms with Crippen molar-refractivity contribution in [1.82, 2.24) is 19.8 Å². The van der Waals surface area contributed by atoms with E-state index in [1.54, 1.807) is 34.8 Å². The van der Waals surface area contributed by atoms with Gasteiger partial charge >= 0.3 is 0 Å². The van der Waals surface area contributed by atoms with E-state index in [1.807, 2.05) is 0 Å². The number of fused-ring (bicyclic) bond motifs is 1. The molecule has 0 aliphatic rings. The van der Waals surface area contributed by atoms with Crippen molar-refractivity contribution in [2.45, 2.75) is 0 Å². The third kappa shape index (κ3) is 2.59. The third-order valence-corrected chi connectivity index (χ3v) is 4.73. The summed E-state index contributed by atoms with van der Waals surface area (Å²) in [5.74, 6) is 0.204. The fourth-order valence-corrected chi connectivity index (χ4v) is 3.52. The molecule has 0 N–H and O–H groups in total. The first kappa shape index (κ1) is 14.6. The van der Waals surface area contributed by atoms with Gasteiger partial charge in [0.05, 0.1) is 5.02 Å². The van der Waals surface area contributed by atoms with Gasteiger partial charge in [0, 0.05) is 16.1 Å². The van der Waals surface area contributed by atoms with Crippen LogP contribution >= 0.6 is 34.5 Å². The molecule has 2 heterocycles. The summed E-state index contributed by atoms with van der Waals surface area (Å²) in [6, 6.07) is 11.4. The molecule has 0 radical (unpaired) electrons. The number of nitrogens with zero attached hydrogens (tertiary/aromatic N) is 4. The average Bonchev–Trinajstić information content (AvgIpc) is 3.08. The first-order valence-corrected chi connectivity index (χ1v) is 8.13. The fraction of sp³-hybridized carbons (Fsp3) is 0. The van der Waals surface area contributed by atoms with E-state index in [9.17, 15) is 4.39 Å². The van der Waals surface area contributed by atoms with Crippen LogP contribution in [0.3, 0.4) is 0 Å². The van der Waals surface area contributed by atoms with Crippen molar-refractivity contribution in [2.24, 2.45) is 0 Å². The Morgan fingerprint density at radius 2 is 1.91 bits per heavy atom. The van der Waals surface area contributed by atoms with Gasteiger partial charge in [-0.25, -0.2) is 4.39 Å². The highest BCUT2D eigenvalue weighted by atomic mass is 35.5. The van der Waals surface area contributed by atoms with Crippen molar-refractivity contribution in [2.75, 3.05) is 0 Å². The number of aromatic nitrogens is 4. The summed E-state index contributed by atoms with van der Waals surface area (Å²) < 4.78 is 15.0. The van der Waals surface area contributed by atoms with Gasteiger partial charge in [-0.05, 0) is 30.3 Å². The topological polar surface area (TPSA) is 43.1 Å². The van der Waals surface area contributed by atoms with Crippen LogP contribution in [-0.2, 0) is 0 Å². The van der Waals surface area contributed by atoms with Gasteiger partial charge in [-0.3, -0.25) is 0 Å². The van der Waals surface area contributed by atoms with Gasteiger partial charge in [0.25, 0.3) is 0 Å². The van der Waals surface area contributed by atoms with Crippen LogP contribution in [0.1, 0.15) is 0 Å². The molecule has 2 aromatic carbocycles. The summed E-state index contributed by atoms with van der Waals surface area (Å²) in [6.45, 7) is 0. The molecule has 0 spiro atoms. The number of benzene rings is 2. The Labute approximate surface area is 144 Å². The molecule has 0 unspecified atom stereocenters. The summed E-state index contributed by atoms with van der Waals surface area (Å²) in [6.07, 6.45) is 0. The smallest absolute Gasteiger partial charge is 0.207 e. The minimum Gasteiger partial charge on any atom is -0.207 e. The molecule has 4 nitrogen and oxygen atoms in total. The van der Waals surface area contributed by atoms with E-state index in [0.29, 0.717) is 37.0 Å². The van der Waals surface area contributed by atoms with Gasteiger partial charge in [0.1, 0.15) is 10.8 Å². The number of rotatable bonds is 2. The Balaban J connectivity index is 1.87. The van der Waals surface area contributed by atoms with Crippen molar-refractivity contribution >= 4 is 39.5 Å². The normalized spacial score (nSPS) is 11.3. The molecule has 2 aromatic heterocycles. The van der Waals surface area contributed by atoms with Crippen LogP contribution in [0, 0.1) is 5.82 Å². The molecule has 0 saturated heterocycles. The van der Waals surface area contributed by atoms with E-state index >= 15 is 0 Å². The molecule has 0 amide bonds. The van der Waals surface area contributed by atoms with Crippen molar-refractivity contribution in [1.29, 1.82) is 0 Å². The van der Waals surface area contributed by atoms with Gasteiger partial charge in [-0.1, -0.05) is 46.7 Å². The third-order valence-electron chi connectivity index (χ3n) is 3.23. The van der Waals surface area contributed by atoms with Crippen LogP contribution in [0.4, 0.5) is 4.39 Å². The number of hydrogen-bond donors (Lipinski definition) is 0. The summed E-state index contributed by atoms with van der Waals surface area (Å²) in [4.78, 5) is 0.602. The lowest BCUT2D eigenvalue weighted by Gasteiger charge is -2.01. The molecule has 23 heavy (non-hydrogen) atoms. The van der Waals surface area contributed by atoms with Gasteiger partial charge in [0.2, 0.25) is 4.96 Å². The van der Waals surface area contributed by atoms with E-state index in [4.69, 9.17) is 23.2 Å². The van der Waals surface area contributed by atoms with E-state index < -0.39 is 0 Å². The monoisotopic (exact) mass is 364 g/mol. The zero-order chi connectivity index (χ0) is 16.0. The largest absolute Gasteiger partial charge is 0.235 e. The van der Waals surface area contributed by atoms with E-state index in [-0.39, 0.29) is 5.82 Å². The van der Waals surface area contributed by atoms with Gasteiger partial charge < -0.3 is 0 Å². The summed E-state index contributed by atoms with van der Waals surface area (Å²) >= 11 is 13.5. The van der Waals surface area contributed by atoms with Gasteiger partial charge in [-0.2, -0.15) is 9.61 Å². The molecule has 114 valence electrons. The predicted octanol–water partition coefficient (Wildman–Crippen LogP) is 4.97. The van der Waals surface area contributed by atoms with Crippen LogP contribution in [0.2, 0.25) is 10.0 Å². The lowest BCUT2D eigenvalue weighted by Crippen LogP contribution is -1.92. The van der Waals surface area contributed by atoms with Crippen LogP contribution in [0.15, 0.2) is 42.5 Å². The van der Waals surface area contributed by atoms with Crippen LogP contribution in [0.25, 0.3) is 26.9 Å². The van der Waals surface area contributed by atoms with Gasteiger partial charge in [-0.15, -0.1) is 10.2 Å². The zero-order valence-electron chi connectivity index (χ0n) is 11.4. The Morgan fingerprint density at radius 1 is 1.04 bits per heavy atom. The van der Waals surface area contributed by atoms with Crippen molar-refractivity contribution in [3.8, 4) is 22.0 Å². The highest BCUT2D eigenvalue weighted by Gasteiger charge is 2.16. The fourth-order valence-electron chi connectivity index (χ4n) is 2.19. The second-order valence-electron chi connectivity index (χ2n) is 4.76. The highest BCUT2D eigenvalue weighted by Crippen LogP contribution is 2.32. The minimum absolute atomic E-state index is 0.311.